The lowest BCUT2D eigenvalue weighted by Crippen LogP contribution is -2.33. The Morgan fingerprint density at radius 3 is 1.26 bits per heavy atom. The maximum Gasteiger partial charge on any atom is 0.112 e. The molecule has 0 N–H and O–H groups in total. The molecular formula is C24H32ClP2+. The average molecular weight is 418 g/mol. The number of hydrogen-bond donors (Lipinski definition) is 0. The van der Waals surface area contributed by atoms with Gasteiger partial charge in [0, 0.05) is 0 Å². The van der Waals surface area contributed by atoms with Gasteiger partial charge in [0.1, 0.15) is 23.2 Å². The van der Waals surface area contributed by atoms with Crippen molar-refractivity contribution in [2.24, 2.45) is 0 Å². The van der Waals surface area contributed by atoms with Crippen molar-refractivity contribution in [3.05, 3.63) is 91.0 Å². The molecule has 3 aromatic rings. The second-order valence-electron chi connectivity index (χ2n) is 6.60. The molecule has 0 bridgehead atoms. The molecule has 0 saturated heterocycles. The van der Waals surface area contributed by atoms with E-state index in [1.54, 1.807) is 0 Å². The predicted molar refractivity (Wildman–Crippen MR) is 133 cm³/mol. The number of halogens is 1. The third-order valence-corrected chi connectivity index (χ3v) is 9.46. The summed E-state index contributed by atoms with van der Waals surface area (Å²) in [5.74, 6) is 0. The zero-order valence-corrected chi connectivity index (χ0v) is 19.4. The lowest BCUT2D eigenvalue weighted by Gasteiger charge is -2.27. The molecule has 0 aliphatic heterocycles. The van der Waals surface area contributed by atoms with Gasteiger partial charge in [-0.2, -0.15) is 9.90 Å². The molecule has 144 valence electrons. The summed E-state index contributed by atoms with van der Waals surface area (Å²) in [6.07, 6.45) is 6.49. The first-order chi connectivity index (χ1) is 12.4. The van der Waals surface area contributed by atoms with Crippen LogP contribution in [0.15, 0.2) is 91.0 Å². The maximum absolute atomic E-state index is 2.34. The molecule has 0 radical (unpaired) electrons. The fraction of sp³-hybridized carbons (Fsp3) is 0.250. The van der Waals surface area contributed by atoms with Gasteiger partial charge in [-0.15, -0.1) is 12.4 Å². The molecule has 3 heteroatoms. The Balaban J connectivity index is 0.00000182. The third-order valence-electron chi connectivity index (χ3n) is 4.94. The molecule has 27 heavy (non-hydrogen) atoms. The minimum absolute atomic E-state index is 0. The van der Waals surface area contributed by atoms with Crippen molar-refractivity contribution < 1.29 is 0 Å². The quantitative estimate of drug-likeness (QED) is 0.309. The number of hydrogen-bond acceptors (Lipinski definition) is 0. The lowest BCUT2D eigenvalue weighted by molar-refractivity contribution is 0.705. The molecule has 3 aromatic carbocycles. The van der Waals surface area contributed by atoms with E-state index in [-0.39, 0.29) is 22.3 Å². The first-order valence-corrected chi connectivity index (χ1v) is 11.4. The molecule has 0 aromatic heterocycles. The Labute approximate surface area is 175 Å². The van der Waals surface area contributed by atoms with Crippen LogP contribution in [-0.2, 0) is 0 Å². The Morgan fingerprint density at radius 2 is 0.926 bits per heavy atom. The van der Waals surface area contributed by atoms with E-state index in [4.69, 9.17) is 0 Å². The van der Waals surface area contributed by atoms with Gasteiger partial charge in [-0.25, -0.2) is 0 Å². The van der Waals surface area contributed by atoms with Gasteiger partial charge in [0.05, 0.1) is 6.16 Å². The highest BCUT2D eigenvalue weighted by atomic mass is 35.5. The van der Waals surface area contributed by atoms with Crippen molar-refractivity contribution in [1.82, 2.24) is 0 Å². The predicted octanol–water partition coefficient (Wildman–Crippen LogP) is 6.04. The highest BCUT2D eigenvalue weighted by Crippen LogP contribution is 2.55. The van der Waals surface area contributed by atoms with Crippen molar-refractivity contribution in [2.75, 3.05) is 6.16 Å². The standard InChI is InChI=1S/C24H28P.ClH.H3P/c1-2-3-4-14-21-25(22-15-8-5-9-16-22,23-17-10-6-11-18-23)24-19-12-7-13-20-24;;/h5-13,15-20H,2-4,14,21H2,1H3;1H;1H3/q+1;;. The van der Waals surface area contributed by atoms with Crippen molar-refractivity contribution >= 4 is 45.5 Å². The van der Waals surface area contributed by atoms with Crippen LogP contribution in [0.3, 0.4) is 0 Å². The highest BCUT2D eigenvalue weighted by Gasteiger charge is 2.44. The average Bonchev–Trinajstić information content (AvgIpc) is 2.70. The Kier molecular flexibility index (Phi) is 10.9. The normalized spacial score (nSPS) is 10.6. The molecule has 0 spiro atoms. The zero-order valence-electron chi connectivity index (χ0n) is 16.3. The van der Waals surface area contributed by atoms with E-state index in [2.05, 4.69) is 97.9 Å². The van der Waals surface area contributed by atoms with Gasteiger partial charge in [0.15, 0.2) is 0 Å². The fourth-order valence-corrected chi connectivity index (χ4v) is 8.07. The molecule has 0 heterocycles. The van der Waals surface area contributed by atoms with Gasteiger partial charge in [-0.3, -0.25) is 0 Å². The van der Waals surface area contributed by atoms with Gasteiger partial charge < -0.3 is 0 Å². The maximum atomic E-state index is 2.34. The second kappa shape index (κ2) is 12.3. The smallest absolute Gasteiger partial charge is 0.112 e. The summed E-state index contributed by atoms with van der Waals surface area (Å²) in [5.41, 5.74) is 0. The van der Waals surface area contributed by atoms with Gasteiger partial charge in [-0.1, -0.05) is 74.4 Å². The van der Waals surface area contributed by atoms with Crippen LogP contribution in [-0.4, -0.2) is 6.16 Å². The lowest BCUT2D eigenvalue weighted by atomic mass is 10.2. The van der Waals surface area contributed by atoms with Crippen LogP contribution in [0.1, 0.15) is 32.6 Å². The molecule has 0 nitrogen and oxygen atoms in total. The molecule has 0 aliphatic carbocycles. The summed E-state index contributed by atoms with van der Waals surface area (Å²) >= 11 is 0. The summed E-state index contributed by atoms with van der Waals surface area (Å²) in [7, 11) is -1.59. The molecule has 1 unspecified atom stereocenters. The second-order valence-corrected chi connectivity index (χ2v) is 10.2. The highest BCUT2D eigenvalue weighted by molar-refractivity contribution is 7.95. The van der Waals surface area contributed by atoms with E-state index in [1.807, 2.05) is 0 Å². The summed E-state index contributed by atoms with van der Waals surface area (Å²) in [5, 5.41) is 4.51. The first kappa shape index (κ1) is 23.8. The SMILES string of the molecule is CCCCCC[P+](c1ccccc1)(c1ccccc1)c1ccccc1.Cl.P. The molecule has 0 aliphatic rings. The van der Waals surface area contributed by atoms with E-state index in [1.165, 1.54) is 47.8 Å². The molecule has 3 rings (SSSR count). The van der Waals surface area contributed by atoms with E-state index >= 15 is 0 Å². The van der Waals surface area contributed by atoms with Crippen molar-refractivity contribution in [2.45, 2.75) is 32.6 Å². The van der Waals surface area contributed by atoms with Gasteiger partial charge >= 0.3 is 0 Å². The summed E-state index contributed by atoms with van der Waals surface area (Å²) in [4.78, 5) is 0. The third kappa shape index (κ3) is 5.65. The van der Waals surface area contributed by atoms with Crippen LogP contribution in [0.25, 0.3) is 0 Å². The van der Waals surface area contributed by atoms with Gasteiger partial charge in [0.2, 0.25) is 0 Å². The first-order valence-electron chi connectivity index (χ1n) is 9.43. The van der Waals surface area contributed by atoms with Crippen molar-refractivity contribution in [1.29, 1.82) is 0 Å². The number of unbranched alkanes of at least 4 members (excludes halogenated alkanes) is 3. The minimum atomic E-state index is -1.59. The van der Waals surface area contributed by atoms with Crippen LogP contribution < -0.4 is 15.9 Å². The van der Waals surface area contributed by atoms with Gasteiger partial charge in [0.25, 0.3) is 0 Å². The zero-order chi connectivity index (χ0) is 17.4. The molecule has 1 atom stereocenters. The van der Waals surface area contributed by atoms with Crippen molar-refractivity contribution in [3.63, 3.8) is 0 Å². The number of rotatable bonds is 8. The summed E-state index contributed by atoms with van der Waals surface area (Å²) < 4.78 is 0. The van der Waals surface area contributed by atoms with E-state index in [0.717, 1.165) is 0 Å². The summed E-state index contributed by atoms with van der Waals surface area (Å²) in [6, 6.07) is 33.6. The molecule has 0 fully saturated rings. The van der Waals surface area contributed by atoms with Crippen LogP contribution in [0.4, 0.5) is 0 Å². The Morgan fingerprint density at radius 1 is 0.556 bits per heavy atom. The number of benzene rings is 3. The Hall–Kier alpha value is -1.19. The van der Waals surface area contributed by atoms with E-state index in [9.17, 15) is 0 Å². The minimum Gasteiger partial charge on any atom is -0.153 e. The van der Waals surface area contributed by atoms with Crippen LogP contribution >= 0.6 is 29.6 Å². The molecule has 0 amide bonds. The van der Waals surface area contributed by atoms with E-state index < -0.39 is 7.26 Å². The van der Waals surface area contributed by atoms with Gasteiger partial charge in [-0.05, 0) is 49.2 Å². The van der Waals surface area contributed by atoms with Crippen LogP contribution in [0, 0.1) is 0 Å². The largest absolute Gasteiger partial charge is 0.153 e. The fourth-order valence-electron chi connectivity index (χ4n) is 3.66. The molecule has 0 saturated carbocycles. The topological polar surface area (TPSA) is 0 Å². The van der Waals surface area contributed by atoms with Crippen LogP contribution in [0.2, 0.25) is 0 Å². The molecular weight excluding hydrogens is 386 g/mol. The summed E-state index contributed by atoms with van der Waals surface area (Å²) in [6.45, 7) is 2.29. The monoisotopic (exact) mass is 417 g/mol. The Bertz CT molecular complexity index is 648. The van der Waals surface area contributed by atoms with E-state index in [0.29, 0.717) is 0 Å². The van der Waals surface area contributed by atoms with Crippen molar-refractivity contribution in [3.8, 4) is 0 Å². The van der Waals surface area contributed by atoms with Crippen LogP contribution in [0.5, 0.6) is 0 Å².